The maximum atomic E-state index is 13.3. The Kier molecular flexibility index (Phi) is 5.44. The van der Waals surface area contributed by atoms with Crippen molar-refractivity contribution in [1.82, 2.24) is 15.1 Å². The fraction of sp³-hybridized carbons (Fsp3) is 0.464. The van der Waals surface area contributed by atoms with Crippen molar-refractivity contribution < 1.29 is 24.1 Å². The molecule has 2 saturated heterocycles. The number of aromatic nitrogens is 1. The van der Waals surface area contributed by atoms with E-state index >= 15 is 0 Å². The Bertz CT molecular complexity index is 1370. The van der Waals surface area contributed by atoms with Gasteiger partial charge in [-0.1, -0.05) is 19.1 Å². The van der Waals surface area contributed by atoms with E-state index < -0.39 is 23.0 Å². The summed E-state index contributed by atoms with van der Waals surface area (Å²) < 4.78 is 2.12. The number of nitrogens with one attached hydrogen (secondary N) is 1. The molecule has 190 valence electrons. The number of nitriles is 1. The first-order valence-electron chi connectivity index (χ1n) is 12.9. The van der Waals surface area contributed by atoms with Gasteiger partial charge in [-0.2, -0.15) is 9.83 Å². The topological polar surface area (TPSA) is 118 Å². The number of hydrogen-bond acceptors (Lipinski definition) is 6. The average molecular weight is 501 g/mol. The van der Waals surface area contributed by atoms with Crippen LogP contribution in [0.5, 0.6) is 0 Å². The van der Waals surface area contributed by atoms with Crippen LogP contribution in [0.2, 0.25) is 0 Å². The molecule has 2 N–H and O–H groups in total. The standard InChI is InChI=1S/C28H29N5O4/c1-2-27-16-31(14-19-5-3-18(13-29)4-6-19)12-11-28(27,37)23-9-7-20-22(33(23)17-27)15-32(26(20)36)21-8-10-24(34)30-25(21)35/h3-7,9,21,37H,2,8,10-12,14-17H2,1H3/p+1/t21-,27?,28-/m1/s1. The Hall–Kier alpha value is -3.61. The van der Waals surface area contributed by atoms with Gasteiger partial charge in [0.1, 0.15) is 18.2 Å². The van der Waals surface area contributed by atoms with Gasteiger partial charge in [0.25, 0.3) is 5.91 Å². The predicted octanol–water partition coefficient (Wildman–Crippen LogP) is 1.11. The summed E-state index contributed by atoms with van der Waals surface area (Å²) >= 11 is 0. The largest absolute Gasteiger partial charge is 0.378 e. The van der Waals surface area contributed by atoms with Crippen LogP contribution in [-0.4, -0.2) is 51.8 Å². The highest BCUT2D eigenvalue weighted by atomic mass is 16.3. The van der Waals surface area contributed by atoms with Crippen LogP contribution < -0.4 is 9.88 Å². The molecule has 1 aromatic carbocycles. The molecule has 0 radical (unpaired) electrons. The maximum absolute atomic E-state index is 13.3. The van der Waals surface area contributed by atoms with Gasteiger partial charge in [-0.15, -0.1) is 0 Å². The molecule has 0 spiro atoms. The lowest BCUT2D eigenvalue weighted by atomic mass is 9.66. The van der Waals surface area contributed by atoms with Crippen LogP contribution in [0.3, 0.4) is 0 Å². The molecular weight excluding hydrogens is 470 g/mol. The minimum absolute atomic E-state index is 0.199. The van der Waals surface area contributed by atoms with Gasteiger partial charge in [-0.25, -0.2) is 0 Å². The Labute approximate surface area is 215 Å². The van der Waals surface area contributed by atoms with Crippen LogP contribution in [0, 0.1) is 16.7 Å². The third-order valence-electron chi connectivity index (χ3n) is 8.98. The van der Waals surface area contributed by atoms with Crippen molar-refractivity contribution in [3.8, 4) is 6.07 Å². The first-order chi connectivity index (χ1) is 17.8. The van der Waals surface area contributed by atoms with Crippen molar-refractivity contribution in [1.29, 1.82) is 5.26 Å². The molecule has 5 heterocycles. The van der Waals surface area contributed by atoms with Crippen molar-refractivity contribution in [3.05, 3.63) is 64.5 Å². The fourth-order valence-electron chi connectivity index (χ4n) is 6.87. The van der Waals surface area contributed by atoms with Crippen LogP contribution in [0.4, 0.5) is 0 Å². The zero-order valence-corrected chi connectivity index (χ0v) is 20.9. The Morgan fingerprint density at radius 3 is 2.68 bits per heavy atom. The molecule has 9 nitrogen and oxygen atoms in total. The van der Waals surface area contributed by atoms with E-state index in [1.807, 2.05) is 30.3 Å². The van der Waals surface area contributed by atoms with E-state index in [-0.39, 0.29) is 18.2 Å². The molecule has 0 aliphatic carbocycles. The van der Waals surface area contributed by atoms with Crippen molar-refractivity contribution in [3.63, 3.8) is 0 Å². The van der Waals surface area contributed by atoms with E-state index in [4.69, 9.17) is 5.26 Å². The third-order valence-corrected chi connectivity index (χ3v) is 8.98. The zero-order chi connectivity index (χ0) is 25.9. The highest BCUT2D eigenvalue weighted by molar-refractivity contribution is 6.05. The summed E-state index contributed by atoms with van der Waals surface area (Å²) in [6.07, 6.45) is 1.90. The maximum Gasteiger partial charge on any atom is 0.261 e. The molecule has 0 saturated carbocycles. The van der Waals surface area contributed by atoms with E-state index in [2.05, 4.69) is 27.8 Å². The number of benzene rings is 1. The average Bonchev–Trinajstić information content (AvgIpc) is 3.36. The van der Waals surface area contributed by atoms with Crippen molar-refractivity contribution in [2.75, 3.05) is 13.1 Å². The minimum atomic E-state index is -1.01. The van der Waals surface area contributed by atoms with Crippen LogP contribution >= 0.6 is 0 Å². The molecule has 1 unspecified atom stereocenters. The molecule has 37 heavy (non-hydrogen) atoms. The molecule has 0 bridgehead atoms. The summed E-state index contributed by atoms with van der Waals surface area (Å²) in [4.78, 5) is 41.4. The molecule has 2 fully saturated rings. The summed E-state index contributed by atoms with van der Waals surface area (Å²) in [5.74, 6) is -0.924. The first kappa shape index (κ1) is 23.8. The van der Waals surface area contributed by atoms with Gasteiger partial charge in [0.2, 0.25) is 23.2 Å². The molecule has 3 amide bonds. The summed E-state index contributed by atoms with van der Waals surface area (Å²) in [5.41, 5.74) is 2.58. The number of amides is 3. The fourth-order valence-corrected chi connectivity index (χ4v) is 6.87. The molecule has 6 rings (SSSR count). The number of fused-ring (bicyclic) bond motifs is 5. The van der Waals surface area contributed by atoms with E-state index in [0.717, 1.165) is 36.5 Å². The lowest BCUT2D eigenvalue weighted by molar-refractivity contribution is -0.706. The molecule has 9 heteroatoms. The second-order valence-corrected chi connectivity index (χ2v) is 10.8. The van der Waals surface area contributed by atoms with Gasteiger partial charge in [-0.3, -0.25) is 24.6 Å². The lowest BCUT2D eigenvalue weighted by Crippen LogP contribution is -2.56. The normalized spacial score (nSPS) is 28.9. The van der Waals surface area contributed by atoms with Gasteiger partial charge < -0.3 is 10.0 Å². The second-order valence-electron chi connectivity index (χ2n) is 10.8. The first-order valence-corrected chi connectivity index (χ1v) is 12.9. The summed E-state index contributed by atoms with van der Waals surface area (Å²) in [5, 5.41) is 23.6. The second kappa shape index (κ2) is 8.47. The highest BCUT2D eigenvalue weighted by Gasteiger charge is 2.65. The molecule has 4 aliphatic rings. The van der Waals surface area contributed by atoms with E-state index in [1.54, 1.807) is 11.0 Å². The number of pyridine rings is 1. The number of hydrogen-bond donors (Lipinski definition) is 2. The predicted molar refractivity (Wildman–Crippen MR) is 130 cm³/mol. The number of carbonyl (C=O) groups is 3. The number of nitrogens with zero attached hydrogens (tertiary/aromatic N) is 4. The van der Waals surface area contributed by atoms with Crippen LogP contribution in [0.15, 0.2) is 36.4 Å². The molecular formula is C28H30N5O4+. The van der Waals surface area contributed by atoms with E-state index in [0.29, 0.717) is 43.6 Å². The SMILES string of the molecule is CCC12CN(Cc3ccc(C#N)cc3)CC[C@@]1(O)c1ccc3c([n+]1C2)CN([C@@H]1CCC(=O)NC1=O)C3=O. The Morgan fingerprint density at radius 2 is 1.97 bits per heavy atom. The Balaban J connectivity index is 1.28. The number of carbonyl (C=O) groups excluding carboxylic acids is 3. The van der Waals surface area contributed by atoms with Crippen LogP contribution in [-0.2, 0) is 34.8 Å². The van der Waals surface area contributed by atoms with Gasteiger partial charge in [0.05, 0.1) is 17.0 Å². The number of rotatable bonds is 4. The van der Waals surface area contributed by atoms with E-state index in [1.165, 1.54) is 0 Å². The summed E-state index contributed by atoms with van der Waals surface area (Å²) in [7, 11) is 0. The van der Waals surface area contributed by atoms with Crippen molar-refractivity contribution in [2.45, 2.75) is 63.9 Å². The van der Waals surface area contributed by atoms with Gasteiger partial charge in [0, 0.05) is 32.1 Å². The van der Waals surface area contributed by atoms with Crippen molar-refractivity contribution >= 4 is 17.7 Å². The number of imide groups is 1. The highest BCUT2D eigenvalue weighted by Crippen LogP contribution is 2.52. The molecule has 3 atom stereocenters. The summed E-state index contributed by atoms with van der Waals surface area (Å²) in [6, 6.07) is 12.8. The van der Waals surface area contributed by atoms with E-state index in [9.17, 15) is 19.5 Å². The molecule has 2 aromatic rings. The lowest BCUT2D eigenvalue weighted by Gasteiger charge is -2.46. The monoisotopic (exact) mass is 500 g/mol. The smallest absolute Gasteiger partial charge is 0.261 e. The summed E-state index contributed by atoms with van der Waals surface area (Å²) in [6.45, 7) is 5.18. The third kappa shape index (κ3) is 3.50. The number of aliphatic hydroxyl groups is 1. The van der Waals surface area contributed by atoms with Gasteiger partial charge in [-0.05, 0) is 43.0 Å². The minimum Gasteiger partial charge on any atom is -0.378 e. The molecule has 1 aromatic heterocycles. The van der Waals surface area contributed by atoms with Crippen LogP contribution in [0.1, 0.15) is 65.5 Å². The van der Waals surface area contributed by atoms with Gasteiger partial charge >= 0.3 is 0 Å². The Morgan fingerprint density at radius 1 is 1.19 bits per heavy atom. The van der Waals surface area contributed by atoms with Crippen molar-refractivity contribution in [2.24, 2.45) is 5.41 Å². The quantitative estimate of drug-likeness (QED) is 0.480. The number of piperidine rings is 2. The van der Waals surface area contributed by atoms with Gasteiger partial charge in [0.15, 0.2) is 12.1 Å². The molecule has 4 aliphatic heterocycles. The number of likely N-dealkylation sites (tertiary alicyclic amines) is 1. The zero-order valence-electron chi connectivity index (χ0n) is 20.9. The van der Waals surface area contributed by atoms with Crippen LogP contribution in [0.25, 0.3) is 0 Å².